The van der Waals surface area contributed by atoms with Crippen molar-refractivity contribution in [3.05, 3.63) is 145 Å². The quantitative estimate of drug-likeness (QED) is 0.182. The molecule has 0 saturated carbocycles. The van der Waals surface area contributed by atoms with E-state index in [2.05, 4.69) is 112 Å². The van der Waals surface area contributed by atoms with E-state index >= 15 is 0 Å². The zero-order valence-electron chi connectivity index (χ0n) is 27.4. The van der Waals surface area contributed by atoms with E-state index in [9.17, 15) is 0 Å². The lowest BCUT2D eigenvalue weighted by Gasteiger charge is -2.20. The molecule has 0 fully saturated rings. The van der Waals surface area contributed by atoms with Crippen LogP contribution < -0.4 is 9.47 Å². The minimum absolute atomic E-state index is 0.0737. The summed E-state index contributed by atoms with van der Waals surface area (Å²) < 4.78 is 12.5. The molecule has 0 aliphatic heterocycles. The van der Waals surface area contributed by atoms with Gasteiger partial charge in [0, 0.05) is 24.5 Å². The fraction of sp³-hybridized carbons (Fsp3) is 0.190. The average molecular weight is 605 g/mol. The minimum Gasteiger partial charge on any atom is -0.439 e. The Bertz CT molecular complexity index is 1840. The van der Waals surface area contributed by atoms with Gasteiger partial charge in [0.15, 0.2) is 0 Å². The van der Waals surface area contributed by atoms with Crippen molar-refractivity contribution in [1.29, 1.82) is 0 Å². The first-order chi connectivity index (χ1) is 22.0. The summed E-state index contributed by atoms with van der Waals surface area (Å²) in [6.45, 7) is 13.4. The molecule has 0 saturated heterocycles. The summed E-state index contributed by atoms with van der Waals surface area (Å²) >= 11 is 0. The third-order valence-electron chi connectivity index (χ3n) is 8.04. The third-order valence-corrected chi connectivity index (χ3v) is 8.04. The average Bonchev–Trinajstić information content (AvgIpc) is 3.05. The number of ether oxygens (including phenoxy) is 2. The van der Waals surface area contributed by atoms with Crippen molar-refractivity contribution < 1.29 is 9.47 Å². The van der Waals surface area contributed by atoms with Gasteiger partial charge in [-0.05, 0) is 91.7 Å². The maximum Gasteiger partial charge on any atom is 0.219 e. The zero-order valence-corrected chi connectivity index (χ0v) is 27.4. The van der Waals surface area contributed by atoms with E-state index in [0.29, 0.717) is 23.3 Å². The molecule has 0 unspecified atom stereocenters. The first-order valence-corrected chi connectivity index (χ1v) is 15.7. The molecule has 6 rings (SSSR count). The highest BCUT2D eigenvalue weighted by atomic mass is 16.5. The van der Waals surface area contributed by atoms with Crippen LogP contribution >= 0.6 is 0 Å². The van der Waals surface area contributed by atoms with Crippen molar-refractivity contribution in [3.8, 4) is 56.6 Å². The summed E-state index contributed by atoms with van der Waals surface area (Å²) in [6, 6.07) is 41.4. The number of rotatable bonds is 7. The number of nitrogens with zero attached hydrogens (tertiary/aromatic N) is 2. The highest BCUT2D eigenvalue weighted by Gasteiger charge is 2.16. The van der Waals surface area contributed by atoms with Crippen molar-refractivity contribution in [2.45, 2.75) is 52.4 Å². The largest absolute Gasteiger partial charge is 0.439 e. The summed E-state index contributed by atoms with van der Waals surface area (Å²) in [5.41, 5.74) is 9.17. The van der Waals surface area contributed by atoms with Gasteiger partial charge in [-0.1, -0.05) is 114 Å². The molecule has 2 heterocycles. The fourth-order valence-electron chi connectivity index (χ4n) is 5.34. The maximum atomic E-state index is 6.26. The maximum absolute atomic E-state index is 6.26. The number of aromatic nitrogens is 2. The summed E-state index contributed by atoms with van der Waals surface area (Å²) in [6.07, 6.45) is 3.59. The molecule has 0 bridgehead atoms. The van der Waals surface area contributed by atoms with Crippen LogP contribution in [0.2, 0.25) is 0 Å². The molecule has 6 aromatic rings. The van der Waals surface area contributed by atoms with Crippen LogP contribution in [0.5, 0.6) is 23.3 Å². The van der Waals surface area contributed by atoms with Crippen LogP contribution in [-0.4, -0.2) is 9.97 Å². The fourth-order valence-corrected chi connectivity index (χ4v) is 5.34. The summed E-state index contributed by atoms with van der Waals surface area (Å²) in [4.78, 5) is 8.98. The van der Waals surface area contributed by atoms with Crippen LogP contribution in [-0.2, 0) is 10.8 Å². The molecule has 0 atom stereocenters. The van der Waals surface area contributed by atoms with Gasteiger partial charge in [-0.2, -0.15) is 0 Å². The highest BCUT2D eigenvalue weighted by molar-refractivity contribution is 5.69. The number of hydrogen-bond donors (Lipinski definition) is 0. The van der Waals surface area contributed by atoms with E-state index in [1.54, 1.807) is 12.4 Å². The van der Waals surface area contributed by atoms with Crippen molar-refractivity contribution in [1.82, 2.24) is 9.97 Å². The Labute approximate surface area is 272 Å². The summed E-state index contributed by atoms with van der Waals surface area (Å²) in [7, 11) is 0. The van der Waals surface area contributed by atoms with Crippen LogP contribution in [0.25, 0.3) is 33.4 Å². The summed E-state index contributed by atoms with van der Waals surface area (Å²) in [5.74, 6) is 2.52. The van der Waals surface area contributed by atoms with E-state index in [1.807, 2.05) is 60.7 Å². The molecule has 0 amide bonds. The molecule has 4 heteroatoms. The van der Waals surface area contributed by atoms with Gasteiger partial charge in [0.05, 0.1) is 0 Å². The van der Waals surface area contributed by atoms with Gasteiger partial charge in [-0.3, -0.25) is 0 Å². The number of hydrogen-bond acceptors (Lipinski definition) is 4. The minimum atomic E-state index is 0.0737. The van der Waals surface area contributed by atoms with Gasteiger partial charge in [-0.15, -0.1) is 0 Å². The predicted molar refractivity (Wildman–Crippen MR) is 189 cm³/mol. The van der Waals surface area contributed by atoms with Gasteiger partial charge < -0.3 is 9.47 Å². The van der Waals surface area contributed by atoms with E-state index in [-0.39, 0.29) is 10.8 Å². The Hall–Kier alpha value is -5.22. The summed E-state index contributed by atoms with van der Waals surface area (Å²) in [5, 5.41) is 0. The van der Waals surface area contributed by atoms with E-state index in [1.165, 1.54) is 11.1 Å². The van der Waals surface area contributed by atoms with Crippen molar-refractivity contribution in [3.63, 3.8) is 0 Å². The van der Waals surface area contributed by atoms with E-state index in [0.717, 1.165) is 33.4 Å². The topological polar surface area (TPSA) is 44.2 Å². The Morgan fingerprint density at radius 2 is 0.739 bits per heavy atom. The predicted octanol–water partition coefficient (Wildman–Crippen LogP) is 11.7. The Morgan fingerprint density at radius 3 is 1.13 bits per heavy atom. The lowest BCUT2D eigenvalue weighted by Crippen LogP contribution is -2.10. The highest BCUT2D eigenvalue weighted by Crippen LogP contribution is 2.34. The molecular formula is C42H40N2O2. The number of benzene rings is 4. The van der Waals surface area contributed by atoms with Crippen molar-refractivity contribution in [2.24, 2.45) is 0 Å². The van der Waals surface area contributed by atoms with Gasteiger partial charge in [0.1, 0.15) is 11.5 Å². The monoisotopic (exact) mass is 604 g/mol. The Balaban J connectivity index is 1.20. The van der Waals surface area contributed by atoms with Crippen molar-refractivity contribution >= 4 is 0 Å². The lowest BCUT2D eigenvalue weighted by atomic mass is 9.85. The molecule has 0 N–H and O–H groups in total. The molecule has 0 aliphatic carbocycles. The SMILES string of the molecule is CC(C)(C)c1cccc(-c2ccnc(Oc3cccc(-c4cccc(Oc5cc(-c6cccc(C(C)(C)C)c6)ccn5)c4)c3)c2)c1. The second kappa shape index (κ2) is 12.6. The molecule has 4 aromatic carbocycles. The Kier molecular flexibility index (Phi) is 8.46. The third kappa shape index (κ3) is 7.35. The Morgan fingerprint density at radius 1 is 0.391 bits per heavy atom. The van der Waals surface area contributed by atoms with Crippen LogP contribution in [0.1, 0.15) is 52.7 Å². The van der Waals surface area contributed by atoms with Crippen molar-refractivity contribution in [2.75, 3.05) is 0 Å². The second-order valence-corrected chi connectivity index (χ2v) is 13.7. The smallest absolute Gasteiger partial charge is 0.219 e. The lowest BCUT2D eigenvalue weighted by molar-refractivity contribution is 0.462. The molecule has 0 radical (unpaired) electrons. The molecular weight excluding hydrogens is 564 g/mol. The first kappa shape index (κ1) is 30.8. The van der Waals surface area contributed by atoms with Gasteiger partial charge in [-0.25, -0.2) is 9.97 Å². The second-order valence-electron chi connectivity index (χ2n) is 13.7. The molecule has 2 aromatic heterocycles. The van der Waals surface area contributed by atoms with Crippen LogP contribution in [0.15, 0.2) is 134 Å². The van der Waals surface area contributed by atoms with E-state index < -0.39 is 0 Å². The van der Waals surface area contributed by atoms with E-state index in [4.69, 9.17) is 9.47 Å². The molecule has 230 valence electrons. The van der Waals surface area contributed by atoms with Crippen LogP contribution in [0.4, 0.5) is 0 Å². The van der Waals surface area contributed by atoms with Gasteiger partial charge in [0.2, 0.25) is 11.8 Å². The molecule has 46 heavy (non-hydrogen) atoms. The van der Waals surface area contributed by atoms with Gasteiger partial charge in [0.25, 0.3) is 0 Å². The normalized spacial score (nSPS) is 11.7. The molecule has 0 spiro atoms. The van der Waals surface area contributed by atoms with Crippen LogP contribution in [0, 0.1) is 0 Å². The van der Waals surface area contributed by atoms with Crippen LogP contribution in [0.3, 0.4) is 0 Å². The standard InChI is InChI=1S/C42H40N2O2/c1-41(2,3)35-15-7-11-29(23-35)33-19-21-43-39(27-33)45-37-17-9-13-31(25-37)32-14-10-18-38(26-32)46-40-28-34(20-22-44-40)30-12-8-16-36(24-30)42(4,5)6/h7-28H,1-6H3. The zero-order chi connectivity index (χ0) is 32.3. The number of pyridine rings is 2. The molecule has 0 aliphatic rings. The first-order valence-electron chi connectivity index (χ1n) is 15.7. The van der Waals surface area contributed by atoms with Gasteiger partial charge >= 0.3 is 0 Å². The molecule has 4 nitrogen and oxygen atoms in total.